The molecule has 1 aromatic carbocycles. The van der Waals surface area contributed by atoms with Crippen LogP contribution in [0, 0.1) is 6.92 Å². The quantitative estimate of drug-likeness (QED) is 0.760. The number of thiophene rings is 1. The molecule has 148 valence electrons. The molecule has 6 heteroatoms. The molecule has 2 amide bonds. The van der Waals surface area contributed by atoms with E-state index in [9.17, 15) is 9.59 Å². The number of piperazine rings is 1. The maximum Gasteiger partial charge on any atom is 0.246 e. The van der Waals surface area contributed by atoms with E-state index in [1.807, 2.05) is 47.5 Å². The summed E-state index contributed by atoms with van der Waals surface area (Å²) >= 11 is 1.64. The Balaban J connectivity index is 1.46. The van der Waals surface area contributed by atoms with Gasteiger partial charge in [0.25, 0.3) is 0 Å². The fourth-order valence-electron chi connectivity index (χ4n) is 3.28. The van der Waals surface area contributed by atoms with Gasteiger partial charge in [0.05, 0.1) is 6.54 Å². The van der Waals surface area contributed by atoms with Gasteiger partial charge in [-0.2, -0.15) is 0 Å². The summed E-state index contributed by atoms with van der Waals surface area (Å²) in [4.78, 5) is 29.8. The number of hydrogen-bond acceptors (Lipinski definition) is 4. The van der Waals surface area contributed by atoms with Crippen molar-refractivity contribution in [3.05, 3.63) is 57.8 Å². The Morgan fingerprint density at radius 2 is 1.89 bits per heavy atom. The third kappa shape index (κ3) is 5.30. The molecule has 2 aromatic rings. The van der Waals surface area contributed by atoms with E-state index in [-0.39, 0.29) is 11.8 Å². The molecule has 28 heavy (non-hydrogen) atoms. The van der Waals surface area contributed by atoms with Crippen molar-refractivity contribution in [3.8, 4) is 0 Å². The van der Waals surface area contributed by atoms with E-state index in [4.69, 9.17) is 0 Å². The van der Waals surface area contributed by atoms with E-state index in [0.717, 1.165) is 22.5 Å². The lowest BCUT2D eigenvalue weighted by atomic mass is 10.1. The number of nitrogens with one attached hydrogen (secondary N) is 1. The van der Waals surface area contributed by atoms with Gasteiger partial charge in [-0.3, -0.25) is 14.5 Å². The molecule has 0 saturated carbocycles. The maximum absolute atomic E-state index is 12.4. The number of nitrogens with zero attached hydrogens (tertiary/aromatic N) is 2. The molecule has 0 spiro atoms. The third-order valence-corrected chi connectivity index (χ3v) is 5.99. The second kappa shape index (κ2) is 9.66. The van der Waals surface area contributed by atoms with E-state index >= 15 is 0 Å². The molecule has 1 aromatic heterocycles. The highest BCUT2D eigenvalue weighted by Crippen LogP contribution is 2.18. The molecule has 1 N–H and O–H groups in total. The molecule has 0 unspecified atom stereocenters. The fraction of sp³-hybridized carbons (Fsp3) is 0.364. The molecule has 0 radical (unpaired) electrons. The van der Waals surface area contributed by atoms with Gasteiger partial charge >= 0.3 is 0 Å². The monoisotopic (exact) mass is 397 g/mol. The SMILES string of the molecule is CCc1ccccc1NC(=O)CN1CCN(C(=O)/C=C/c2sccc2C)CC1. The number of aryl methyl sites for hydroxylation is 2. The number of rotatable bonds is 6. The molecule has 1 aliphatic rings. The van der Waals surface area contributed by atoms with Crippen molar-refractivity contribution in [2.24, 2.45) is 0 Å². The Kier molecular flexibility index (Phi) is 7.01. The van der Waals surface area contributed by atoms with Crippen LogP contribution >= 0.6 is 11.3 Å². The van der Waals surface area contributed by atoms with Gasteiger partial charge in [-0.1, -0.05) is 25.1 Å². The van der Waals surface area contributed by atoms with Crippen LogP contribution < -0.4 is 5.32 Å². The average Bonchev–Trinajstić information content (AvgIpc) is 3.12. The van der Waals surface area contributed by atoms with Crippen molar-refractivity contribution < 1.29 is 9.59 Å². The molecule has 1 fully saturated rings. The van der Waals surface area contributed by atoms with Gasteiger partial charge in [-0.05, 0) is 48.1 Å². The summed E-state index contributed by atoms with van der Waals surface area (Å²) in [5, 5.41) is 5.04. The summed E-state index contributed by atoms with van der Waals surface area (Å²) in [7, 11) is 0. The minimum Gasteiger partial charge on any atom is -0.337 e. The van der Waals surface area contributed by atoms with Crippen LogP contribution in [0.4, 0.5) is 5.69 Å². The first-order chi connectivity index (χ1) is 13.6. The van der Waals surface area contributed by atoms with Crippen LogP contribution in [0.2, 0.25) is 0 Å². The number of para-hydroxylation sites is 1. The number of benzene rings is 1. The van der Waals surface area contributed by atoms with Gasteiger partial charge < -0.3 is 10.2 Å². The second-order valence-electron chi connectivity index (χ2n) is 6.96. The predicted octanol–water partition coefficient (Wildman–Crippen LogP) is 3.42. The van der Waals surface area contributed by atoms with E-state index in [1.54, 1.807) is 17.4 Å². The summed E-state index contributed by atoms with van der Waals surface area (Å²) in [6.07, 6.45) is 4.44. The topological polar surface area (TPSA) is 52.7 Å². The zero-order chi connectivity index (χ0) is 19.9. The van der Waals surface area contributed by atoms with Gasteiger partial charge in [-0.25, -0.2) is 0 Å². The molecule has 0 aliphatic carbocycles. The standard InChI is InChI=1S/C22H27N3O2S/c1-3-18-6-4-5-7-19(18)23-21(26)16-24-11-13-25(14-12-24)22(27)9-8-20-17(2)10-15-28-20/h4-10,15H,3,11-14,16H2,1-2H3,(H,23,26)/b9-8+. The van der Waals surface area contributed by atoms with Crippen LogP contribution in [0.5, 0.6) is 0 Å². The highest BCUT2D eigenvalue weighted by atomic mass is 32.1. The fourth-order valence-corrected chi connectivity index (χ4v) is 4.10. The van der Waals surface area contributed by atoms with Crippen LogP contribution in [0.15, 0.2) is 41.8 Å². The molecule has 1 aliphatic heterocycles. The summed E-state index contributed by atoms with van der Waals surface area (Å²) < 4.78 is 0. The number of hydrogen-bond donors (Lipinski definition) is 1. The molecule has 0 bridgehead atoms. The van der Waals surface area contributed by atoms with Gasteiger partial charge in [-0.15, -0.1) is 11.3 Å². The Morgan fingerprint density at radius 1 is 1.14 bits per heavy atom. The summed E-state index contributed by atoms with van der Waals surface area (Å²) in [6.45, 7) is 7.18. The number of amides is 2. The Bertz CT molecular complexity index is 851. The van der Waals surface area contributed by atoms with Crippen LogP contribution in [0.25, 0.3) is 6.08 Å². The Hall–Kier alpha value is -2.44. The van der Waals surface area contributed by atoms with Gasteiger partial charge in [0.1, 0.15) is 0 Å². The minimum absolute atomic E-state index is 0.00579. The number of anilines is 1. The molecular formula is C22H27N3O2S. The lowest BCUT2D eigenvalue weighted by molar-refractivity contribution is -0.127. The van der Waals surface area contributed by atoms with E-state index in [2.05, 4.69) is 23.2 Å². The molecular weight excluding hydrogens is 370 g/mol. The lowest BCUT2D eigenvalue weighted by Crippen LogP contribution is -2.50. The van der Waals surface area contributed by atoms with Gasteiger partial charge in [0.15, 0.2) is 0 Å². The van der Waals surface area contributed by atoms with Crippen molar-refractivity contribution in [3.63, 3.8) is 0 Å². The largest absolute Gasteiger partial charge is 0.337 e. The van der Waals surface area contributed by atoms with Gasteiger partial charge in [0.2, 0.25) is 11.8 Å². The molecule has 2 heterocycles. The molecule has 1 saturated heterocycles. The normalized spacial score (nSPS) is 15.1. The highest BCUT2D eigenvalue weighted by Gasteiger charge is 2.21. The van der Waals surface area contributed by atoms with Crippen LogP contribution in [0.1, 0.15) is 22.9 Å². The minimum atomic E-state index is -0.00579. The maximum atomic E-state index is 12.4. The van der Waals surface area contributed by atoms with Crippen LogP contribution in [-0.4, -0.2) is 54.3 Å². The van der Waals surface area contributed by atoms with E-state index in [1.165, 1.54) is 5.56 Å². The van der Waals surface area contributed by atoms with Crippen molar-refractivity contribution in [2.75, 3.05) is 38.0 Å². The number of carbonyl (C=O) groups excluding carboxylic acids is 2. The first kappa shape index (κ1) is 20.3. The molecule has 5 nitrogen and oxygen atoms in total. The molecule has 0 atom stereocenters. The zero-order valence-electron chi connectivity index (χ0n) is 16.5. The van der Waals surface area contributed by atoms with Crippen molar-refractivity contribution in [1.82, 2.24) is 9.80 Å². The third-order valence-electron chi connectivity index (χ3n) is 5.00. The summed E-state index contributed by atoms with van der Waals surface area (Å²) in [6, 6.07) is 9.95. The first-order valence-electron chi connectivity index (χ1n) is 9.68. The number of carbonyl (C=O) groups is 2. The zero-order valence-corrected chi connectivity index (χ0v) is 17.3. The first-order valence-corrected chi connectivity index (χ1v) is 10.6. The predicted molar refractivity (Wildman–Crippen MR) is 116 cm³/mol. The Morgan fingerprint density at radius 3 is 2.57 bits per heavy atom. The Labute approximate surface area is 170 Å². The second-order valence-corrected chi connectivity index (χ2v) is 7.91. The highest BCUT2D eigenvalue weighted by molar-refractivity contribution is 7.11. The van der Waals surface area contributed by atoms with Crippen molar-refractivity contribution in [2.45, 2.75) is 20.3 Å². The van der Waals surface area contributed by atoms with E-state index < -0.39 is 0 Å². The average molecular weight is 398 g/mol. The summed E-state index contributed by atoms with van der Waals surface area (Å²) in [5.74, 6) is 0.0301. The van der Waals surface area contributed by atoms with Crippen LogP contribution in [-0.2, 0) is 16.0 Å². The smallest absolute Gasteiger partial charge is 0.246 e. The van der Waals surface area contributed by atoms with Crippen molar-refractivity contribution in [1.29, 1.82) is 0 Å². The van der Waals surface area contributed by atoms with Crippen molar-refractivity contribution >= 4 is 34.9 Å². The lowest BCUT2D eigenvalue weighted by Gasteiger charge is -2.33. The molecule has 3 rings (SSSR count). The van der Waals surface area contributed by atoms with E-state index in [0.29, 0.717) is 32.7 Å². The van der Waals surface area contributed by atoms with Crippen LogP contribution in [0.3, 0.4) is 0 Å². The van der Waals surface area contributed by atoms with Gasteiger partial charge in [0, 0.05) is 42.8 Å². The summed E-state index contributed by atoms with van der Waals surface area (Å²) in [5.41, 5.74) is 3.21.